The highest BCUT2D eigenvalue weighted by molar-refractivity contribution is 6.01. The molecule has 0 bridgehead atoms. The van der Waals surface area contributed by atoms with E-state index in [1.807, 2.05) is 0 Å². The molecule has 0 aromatic heterocycles. The van der Waals surface area contributed by atoms with E-state index in [2.05, 4.69) is 0 Å². The summed E-state index contributed by atoms with van der Waals surface area (Å²) in [6.45, 7) is -0.601. The van der Waals surface area contributed by atoms with Gasteiger partial charge in [-0.3, -0.25) is 4.79 Å². The maximum Gasteiger partial charge on any atom is 0.187 e. The highest BCUT2D eigenvalue weighted by Crippen LogP contribution is 2.43. The number of Topliss-reactive ketones (excluding diaryl/α,β-unsaturated/α-hetero) is 1. The Bertz CT molecular complexity index is 659. The summed E-state index contributed by atoms with van der Waals surface area (Å²) in [6.07, 6.45) is -7.92. The van der Waals surface area contributed by atoms with Crippen molar-refractivity contribution in [3.8, 4) is 11.5 Å². The van der Waals surface area contributed by atoms with Crippen molar-refractivity contribution < 1.29 is 44.9 Å². The number of ether oxygens (including phenoxy) is 2. The average molecular weight is 356 g/mol. The van der Waals surface area contributed by atoms with E-state index >= 15 is 0 Å². The van der Waals surface area contributed by atoms with E-state index in [1.54, 1.807) is 0 Å². The molecule has 1 saturated heterocycles. The molecule has 1 aliphatic heterocycles. The Labute approximate surface area is 142 Å². The van der Waals surface area contributed by atoms with Gasteiger partial charge in [-0.05, 0) is 18.6 Å². The molecule has 0 spiro atoms. The molecule has 6 N–H and O–H groups in total. The van der Waals surface area contributed by atoms with Gasteiger partial charge in [0.2, 0.25) is 0 Å². The topological polar surface area (TPSA) is 157 Å². The maximum atomic E-state index is 12.0. The summed E-state index contributed by atoms with van der Waals surface area (Å²) in [5.41, 5.74) is 0.0223. The standard InChI is InChI=1S/C16H20O9/c17-5-10-13(21)14(22)15(23)16(25-10)24-9-4-3-7(19)11-6(18)1-2-8(20)12(9)11/h1-2,9-10,13-18,20-23H,3-5H2/t9-,10+,13+,14-,15+,16+/m0/s1. The second kappa shape index (κ2) is 6.87. The predicted molar refractivity (Wildman–Crippen MR) is 80.9 cm³/mol. The fourth-order valence-electron chi connectivity index (χ4n) is 3.23. The van der Waals surface area contributed by atoms with Crippen molar-refractivity contribution in [3.05, 3.63) is 23.3 Å². The number of fused-ring (bicyclic) bond motifs is 1. The number of aliphatic hydroxyl groups is 4. The number of benzene rings is 1. The van der Waals surface area contributed by atoms with Crippen LogP contribution in [0.5, 0.6) is 11.5 Å². The average Bonchev–Trinajstić information content (AvgIpc) is 2.60. The Morgan fingerprint density at radius 1 is 1.08 bits per heavy atom. The zero-order valence-electron chi connectivity index (χ0n) is 13.1. The van der Waals surface area contributed by atoms with Crippen molar-refractivity contribution in [2.24, 2.45) is 0 Å². The highest BCUT2D eigenvalue weighted by Gasteiger charge is 2.45. The number of phenolic OH excluding ortho intramolecular Hbond substituents is 2. The molecule has 6 atom stereocenters. The molecule has 0 saturated carbocycles. The molecule has 138 valence electrons. The van der Waals surface area contributed by atoms with Gasteiger partial charge in [0.1, 0.15) is 35.9 Å². The van der Waals surface area contributed by atoms with Crippen LogP contribution in [0, 0.1) is 0 Å². The number of rotatable bonds is 3. The van der Waals surface area contributed by atoms with Gasteiger partial charge in [0.25, 0.3) is 0 Å². The molecule has 0 radical (unpaired) electrons. The number of aromatic hydroxyl groups is 2. The molecule has 0 amide bonds. The Morgan fingerprint density at radius 2 is 1.76 bits per heavy atom. The van der Waals surface area contributed by atoms with Crippen LogP contribution in [0.15, 0.2) is 12.1 Å². The molecular weight excluding hydrogens is 336 g/mol. The van der Waals surface area contributed by atoms with Crippen molar-refractivity contribution in [1.29, 1.82) is 0 Å². The Kier molecular flexibility index (Phi) is 4.96. The molecule has 9 heteroatoms. The van der Waals surface area contributed by atoms with Crippen LogP contribution in [0.1, 0.15) is 34.9 Å². The van der Waals surface area contributed by atoms with Gasteiger partial charge < -0.3 is 40.1 Å². The summed E-state index contributed by atoms with van der Waals surface area (Å²) < 4.78 is 10.9. The van der Waals surface area contributed by atoms with Gasteiger partial charge in [0.15, 0.2) is 12.1 Å². The van der Waals surface area contributed by atoms with E-state index in [1.165, 1.54) is 12.1 Å². The number of carbonyl (C=O) groups excluding carboxylic acids is 1. The van der Waals surface area contributed by atoms with E-state index < -0.39 is 43.4 Å². The monoisotopic (exact) mass is 356 g/mol. The fraction of sp³-hybridized carbons (Fsp3) is 0.562. The molecule has 1 heterocycles. The minimum absolute atomic E-state index is 0.0477. The first kappa shape index (κ1) is 18.1. The van der Waals surface area contributed by atoms with Crippen molar-refractivity contribution in [2.45, 2.75) is 49.7 Å². The Hall–Kier alpha value is -1.75. The molecular formula is C16H20O9. The largest absolute Gasteiger partial charge is 0.508 e. The number of hydrogen-bond acceptors (Lipinski definition) is 9. The quantitative estimate of drug-likeness (QED) is 0.371. The van der Waals surface area contributed by atoms with E-state index in [9.17, 15) is 35.4 Å². The lowest BCUT2D eigenvalue weighted by Gasteiger charge is -2.41. The van der Waals surface area contributed by atoms with Gasteiger partial charge in [-0.15, -0.1) is 0 Å². The van der Waals surface area contributed by atoms with Gasteiger partial charge in [-0.2, -0.15) is 0 Å². The minimum atomic E-state index is -1.60. The van der Waals surface area contributed by atoms with Crippen LogP contribution in [0.4, 0.5) is 0 Å². The van der Waals surface area contributed by atoms with Gasteiger partial charge in [-0.1, -0.05) is 0 Å². The summed E-state index contributed by atoms with van der Waals surface area (Å²) in [5, 5.41) is 58.9. The summed E-state index contributed by atoms with van der Waals surface area (Å²) in [6, 6.07) is 2.42. The van der Waals surface area contributed by atoms with Gasteiger partial charge in [0, 0.05) is 12.0 Å². The van der Waals surface area contributed by atoms with Crippen LogP contribution in [0.3, 0.4) is 0 Å². The molecule has 1 aromatic rings. The van der Waals surface area contributed by atoms with Crippen LogP contribution in [0.2, 0.25) is 0 Å². The zero-order chi connectivity index (χ0) is 18.3. The van der Waals surface area contributed by atoms with Crippen LogP contribution < -0.4 is 0 Å². The summed E-state index contributed by atoms with van der Waals surface area (Å²) >= 11 is 0. The number of carbonyl (C=O) groups is 1. The van der Waals surface area contributed by atoms with Gasteiger partial charge >= 0.3 is 0 Å². The van der Waals surface area contributed by atoms with E-state index in [4.69, 9.17) is 9.47 Å². The number of aliphatic hydroxyl groups excluding tert-OH is 4. The van der Waals surface area contributed by atoms with E-state index in [-0.39, 0.29) is 41.3 Å². The van der Waals surface area contributed by atoms with E-state index in [0.29, 0.717) is 0 Å². The summed E-state index contributed by atoms with van der Waals surface area (Å²) in [4.78, 5) is 12.0. The fourth-order valence-corrected chi connectivity index (χ4v) is 3.23. The van der Waals surface area contributed by atoms with Gasteiger partial charge in [-0.25, -0.2) is 0 Å². The number of phenols is 2. The third kappa shape index (κ3) is 3.10. The molecule has 3 rings (SSSR count). The first-order valence-corrected chi connectivity index (χ1v) is 7.89. The van der Waals surface area contributed by atoms with Gasteiger partial charge in [0.05, 0.1) is 18.3 Å². The van der Waals surface area contributed by atoms with E-state index in [0.717, 1.165) is 0 Å². The van der Waals surface area contributed by atoms with Crippen molar-refractivity contribution in [3.63, 3.8) is 0 Å². The molecule has 25 heavy (non-hydrogen) atoms. The summed E-state index contributed by atoms with van der Waals surface area (Å²) in [5.74, 6) is -0.896. The zero-order valence-corrected chi connectivity index (χ0v) is 13.1. The molecule has 1 fully saturated rings. The predicted octanol–water partition coefficient (Wildman–Crippen LogP) is -1.07. The number of ketones is 1. The van der Waals surface area contributed by atoms with Crippen LogP contribution >= 0.6 is 0 Å². The lowest BCUT2D eigenvalue weighted by Crippen LogP contribution is -2.59. The molecule has 1 aliphatic carbocycles. The maximum absolute atomic E-state index is 12.0. The smallest absolute Gasteiger partial charge is 0.187 e. The second-order valence-electron chi connectivity index (χ2n) is 6.18. The second-order valence-corrected chi connectivity index (χ2v) is 6.18. The minimum Gasteiger partial charge on any atom is -0.508 e. The Morgan fingerprint density at radius 3 is 2.44 bits per heavy atom. The first-order valence-electron chi connectivity index (χ1n) is 7.89. The van der Waals surface area contributed by atoms with Crippen molar-refractivity contribution >= 4 is 5.78 Å². The van der Waals surface area contributed by atoms with Crippen LogP contribution in [-0.2, 0) is 9.47 Å². The van der Waals surface area contributed by atoms with Crippen molar-refractivity contribution in [1.82, 2.24) is 0 Å². The van der Waals surface area contributed by atoms with Crippen molar-refractivity contribution in [2.75, 3.05) is 6.61 Å². The molecule has 2 aliphatic rings. The third-order valence-corrected chi connectivity index (χ3v) is 4.58. The highest BCUT2D eigenvalue weighted by atomic mass is 16.7. The molecule has 1 aromatic carbocycles. The lowest BCUT2D eigenvalue weighted by molar-refractivity contribution is -0.313. The SMILES string of the molecule is O=C1CC[C@H](O[C@@H]2O[C@H](CO)[C@@H](O)[C@H](O)[C@H]2O)c2c(O)ccc(O)c21. The Balaban J connectivity index is 1.88. The normalized spacial score (nSPS) is 35.4. The third-order valence-electron chi connectivity index (χ3n) is 4.58. The first-order chi connectivity index (χ1) is 11.8. The van der Waals surface area contributed by atoms with Crippen LogP contribution in [-0.4, -0.2) is 73.7 Å². The molecule has 0 unspecified atom stereocenters. The number of hydrogen-bond donors (Lipinski definition) is 6. The van der Waals surface area contributed by atoms with Crippen LogP contribution in [0.25, 0.3) is 0 Å². The molecule has 9 nitrogen and oxygen atoms in total. The lowest BCUT2D eigenvalue weighted by atomic mass is 9.87. The summed E-state index contributed by atoms with van der Waals surface area (Å²) in [7, 11) is 0.